The third-order valence-corrected chi connectivity index (χ3v) is 5.39. The lowest BCUT2D eigenvalue weighted by molar-refractivity contribution is -0.126. The van der Waals surface area contributed by atoms with Crippen molar-refractivity contribution in [3.05, 3.63) is 35.9 Å². The number of carbonyl (C=O) groups is 1. The molecule has 1 aliphatic carbocycles. The van der Waals surface area contributed by atoms with Gasteiger partial charge in [0.15, 0.2) is 0 Å². The molecule has 0 unspecified atom stereocenters. The zero-order chi connectivity index (χ0) is 18.2. The van der Waals surface area contributed by atoms with Crippen LogP contribution >= 0.6 is 0 Å². The molecule has 0 bridgehead atoms. The summed E-state index contributed by atoms with van der Waals surface area (Å²) >= 11 is 0. The monoisotopic (exact) mass is 342 g/mol. The molecule has 0 aliphatic heterocycles. The zero-order valence-corrected chi connectivity index (χ0v) is 16.1. The van der Waals surface area contributed by atoms with Crippen LogP contribution in [-0.4, -0.2) is 19.5 Å². The second kappa shape index (κ2) is 9.65. The molecule has 2 rings (SSSR count). The molecular formula is C22H34N2O. The van der Waals surface area contributed by atoms with E-state index in [9.17, 15) is 4.79 Å². The Balaban J connectivity index is 1.81. The first-order valence-electron chi connectivity index (χ1n) is 9.75. The van der Waals surface area contributed by atoms with E-state index in [1.807, 2.05) is 13.1 Å². The smallest absolute Gasteiger partial charge is 0.223 e. The number of aryl methyl sites for hydroxylation is 1. The molecule has 1 aliphatic rings. The highest BCUT2D eigenvalue weighted by Crippen LogP contribution is 2.32. The number of amides is 1. The number of anilines is 1. The van der Waals surface area contributed by atoms with E-state index < -0.39 is 0 Å². The Bertz CT molecular complexity index is 571. The topological polar surface area (TPSA) is 41.1 Å². The summed E-state index contributed by atoms with van der Waals surface area (Å²) in [6.07, 6.45) is 8.68. The molecule has 0 atom stereocenters. The second-order valence-electron chi connectivity index (χ2n) is 7.73. The van der Waals surface area contributed by atoms with E-state index in [0.29, 0.717) is 5.92 Å². The normalized spacial score (nSPS) is 20.3. The standard InChI is InChI=1S/C22H34N2O/c1-5-20-18(7-6-8-21(20)23-4)12-9-17-10-13-19(14-11-17)22(25)24-15-16(2)3/h5-8,16-17,19,23H,1,9-15H2,2-4H3,(H,24,25). The van der Waals surface area contributed by atoms with Crippen LogP contribution in [0.25, 0.3) is 6.08 Å². The van der Waals surface area contributed by atoms with Crippen LogP contribution in [0.4, 0.5) is 5.69 Å². The van der Waals surface area contributed by atoms with E-state index in [0.717, 1.165) is 37.4 Å². The molecule has 0 radical (unpaired) electrons. The van der Waals surface area contributed by atoms with E-state index >= 15 is 0 Å². The highest BCUT2D eigenvalue weighted by molar-refractivity contribution is 5.78. The van der Waals surface area contributed by atoms with Crippen LogP contribution in [-0.2, 0) is 11.2 Å². The lowest BCUT2D eigenvalue weighted by Gasteiger charge is -2.28. The Morgan fingerprint density at radius 2 is 2.00 bits per heavy atom. The third-order valence-electron chi connectivity index (χ3n) is 5.39. The summed E-state index contributed by atoms with van der Waals surface area (Å²) in [5, 5.41) is 6.34. The lowest BCUT2D eigenvalue weighted by atomic mass is 9.79. The third kappa shape index (κ3) is 5.62. The summed E-state index contributed by atoms with van der Waals surface area (Å²) in [7, 11) is 1.96. The Hall–Kier alpha value is -1.77. The molecule has 3 heteroatoms. The van der Waals surface area contributed by atoms with Gasteiger partial charge in [0.25, 0.3) is 0 Å². The summed E-state index contributed by atoms with van der Waals surface area (Å²) < 4.78 is 0. The minimum atomic E-state index is 0.228. The molecule has 1 fully saturated rings. The van der Waals surface area contributed by atoms with E-state index in [4.69, 9.17) is 0 Å². The number of nitrogens with one attached hydrogen (secondary N) is 2. The lowest BCUT2D eigenvalue weighted by Crippen LogP contribution is -2.35. The van der Waals surface area contributed by atoms with Crippen LogP contribution < -0.4 is 10.6 Å². The summed E-state index contributed by atoms with van der Waals surface area (Å²) in [6, 6.07) is 6.43. The predicted molar refractivity (Wildman–Crippen MR) is 108 cm³/mol. The maximum Gasteiger partial charge on any atom is 0.223 e. The average molecular weight is 343 g/mol. The fourth-order valence-corrected chi connectivity index (χ4v) is 3.81. The average Bonchev–Trinajstić information content (AvgIpc) is 2.64. The van der Waals surface area contributed by atoms with E-state index in [2.05, 4.69) is 49.3 Å². The van der Waals surface area contributed by atoms with E-state index in [1.165, 1.54) is 30.4 Å². The highest BCUT2D eigenvalue weighted by Gasteiger charge is 2.26. The van der Waals surface area contributed by atoms with Gasteiger partial charge in [-0.15, -0.1) is 0 Å². The van der Waals surface area contributed by atoms with Gasteiger partial charge >= 0.3 is 0 Å². The van der Waals surface area contributed by atoms with E-state index in [1.54, 1.807) is 0 Å². The number of carbonyl (C=O) groups excluding carboxylic acids is 1. The number of hydrogen-bond donors (Lipinski definition) is 2. The minimum absolute atomic E-state index is 0.228. The molecule has 138 valence electrons. The highest BCUT2D eigenvalue weighted by atomic mass is 16.1. The summed E-state index contributed by atoms with van der Waals surface area (Å²) in [5.74, 6) is 1.76. The molecule has 1 amide bonds. The van der Waals surface area contributed by atoms with Crippen LogP contribution in [0.5, 0.6) is 0 Å². The Kier molecular flexibility index (Phi) is 7.54. The molecule has 1 aromatic carbocycles. The minimum Gasteiger partial charge on any atom is -0.388 e. The Labute approximate surface area is 153 Å². The van der Waals surface area contributed by atoms with Gasteiger partial charge in [0.1, 0.15) is 0 Å². The molecule has 1 saturated carbocycles. The molecule has 3 nitrogen and oxygen atoms in total. The van der Waals surface area contributed by atoms with Gasteiger partial charge in [0, 0.05) is 30.8 Å². The first kappa shape index (κ1) is 19.6. The van der Waals surface area contributed by atoms with Crippen LogP contribution in [0.15, 0.2) is 24.8 Å². The van der Waals surface area contributed by atoms with Crippen molar-refractivity contribution in [2.45, 2.75) is 52.4 Å². The number of benzene rings is 1. The van der Waals surface area contributed by atoms with E-state index in [-0.39, 0.29) is 11.8 Å². The fourth-order valence-electron chi connectivity index (χ4n) is 3.81. The quantitative estimate of drug-likeness (QED) is 0.707. The van der Waals surface area contributed by atoms with Crippen molar-refractivity contribution in [1.82, 2.24) is 5.32 Å². The maximum atomic E-state index is 12.2. The van der Waals surface area contributed by atoms with Crippen LogP contribution in [0, 0.1) is 17.8 Å². The molecule has 0 heterocycles. The summed E-state index contributed by atoms with van der Waals surface area (Å²) in [5.41, 5.74) is 3.75. The van der Waals surface area contributed by atoms with Gasteiger partial charge in [-0.25, -0.2) is 0 Å². The van der Waals surface area contributed by atoms with Crippen molar-refractivity contribution >= 4 is 17.7 Å². The van der Waals surface area contributed by atoms with Gasteiger partial charge in [0.2, 0.25) is 5.91 Å². The number of hydrogen-bond acceptors (Lipinski definition) is 2. The van der Waals surface area contributed by atoms with Gasteiger partial charge in [-0.1, -0.05) is 38.6 Å². The first-order chi connectivity index (χ1) is 12.0. The molecule has 0 saturated heterocycles. The SMILES string of the molecule is C=Cc1c(CCC2CCC(C(=O)NCC(C)C)CC2)cccc1NC. The zero-order valence-electron chi connectivity index (χ0n) is 16.1. The van der Waals surface area contributed by atoms with Gasteiger partial charge in [-0.05, 0) is 62.0 Å². The van der Waals surface area contributed by atoms with Crippen molar-refractivity contribution in [2.75, 3.05) is 18.9 Å². The molecule has 0 spiro atoms. The van der Waals surface area contributed by atoms with Gasteiger partial charge < -0.3 is 10.6 Å². The summed E-state index contributed by atoms with van der Waals surface area (Å²) in [6.45, 7) is 9.04. The van der Waals surface area contributed by atoms with Gasteiger partial charge in [-0.2, -0.15) is 0 Å². The first-order valence-corrected chi connectivity index (χ1v) is 9.75. The van der Waals surface area contributed by atoms with Crippen molar-refractivity contribution in [2.24, 2.45) is 17.8 Å². The molecule has 0 aromatic heterocycles. The molecule has 25 heavy (non-hydrogen) atoms. The van der Waals surface area contributed by atoms with Crippen LogP contribution in [0.2, 0.25) is 0 Å². The summed E-state index contributed by atoms with van der Waals surface area (Å²) in [4.78, 5) is 12.2. The van der Waals surface area contributed by atoms with Gasteiger partial charge in [-0.3, -0.25) is 4.79 Å². The number of rotatable bonds is 8. The largest absolute Gasteiger partial charge is 0.388 e. The fraction of sp³-hybridized carbons (Fsp3) is 0.591. The van der Waals surface area contributed by atoms with Crippen LogP contribution in [0.3, 0.4) is 0 Å². The second-order valence-corrected chi connectivity index (χ2v) is 7.73. The van der Waals surface area contributed by atoms with Crippen molar-refractivity contribution < 1.29 is 4.79 Å². The molecule has 2 N–H and O–H groups in total. The Morgan fingerprint density at radius 3 is 2.60 bits per heavy atom. The van der Waals surface area contributed by atoms with Crippen molar-refractivity contribution in [1.29, 1.82) is 0 Å². The predicted octanol–water partition coefficient (Wildman–Crippen LogP) is 4.88. The molecular weight excluding hydrogens is 308 g/mol. The molecule has 1 aromatic rings. The van der Waals surface area contributed by atoms with Gasteiger partial charge in [0.05, 0.1) is 0 Å². The maximum absolute atomic E-state index is 12.2. The van der Waals surface area contributed by atoms with Crippen molar-refractivity contribution in [3.63, 3.8) is 0 Å². The Morgan fingerprint density at radius 1 is 1.28 bits per heavy atom. The van der Waals surface area contributed by atoms with Crippen molar-refractivity contribution in [3.8, 4) is 0 Å². The van der Waals surface area contributed by atoms with Crippen LogP contribution in [0.1, 0.15) is 57.1 Å².